The number of carboxylic acids is 1. The lowest BCUT2D eigenvalue weighted by Gasteiger charge is -2.12. The number of halogens is 4. The molecular formula is C19H15F4N5O3. The average Bonchev–Trinajstić information content (AvgIpc) is 3.16. The van der Waals surface area contributed by atoms with E-state index in [0.717, 1.165) is 0 Å². The zero-order valence-electron chi connectivity index (χ0n) is 15.5. The molecule has 3 rings (SSSR count). The van der Waals surface area contributed by atoms with Crippen LogP contribution in [-0.4, -0.2) is 27.3 Å². The lowest BCUT2D eigenvalue weighted by atomic mass is 10.2. The molecule has 1 heterocycles. The maximum atomic E-state index is 13.8. The molecular weight excluding hydrogens is 422 g/mol. The second kappa shape index (κ2) is 8.73. The first-order chi connectivity index (χ1) is 14.6. The normalized spacial score (nSPS) is 11.1. The third-order valence-corrected chi connectivity index (χ3v) is 4.05. The Bertz CT molecular complexity index is 1110. The Morgan fingerprint density at radius 1 is 1.06 bits per heavy atom. The van der Waals surface area contributed by atoms with Crippen molar-refractivity contribution < 1.29 is 32.3 Å². The number of anilines is 3. The van der Waals surface area contributed by atoms with Gasteiger partial charge in [-0.2, -0.15) is 18.3 Å². The summed E-state index contributed by atoms with van der Waals surface area (Å²) >= 11 is 0. The highest BCUT2D eigenvalue weighted by Gasteiger charge is 2.31. The molecule has 12 heteroatoms. The topological polar surface area (TPSA) is 119 Å². The number of hydrogen-bond acceptors (Lipinski definition) is 4. The van der Waals surface area contributed by atoms with Crippen LogP contribution in [0.4, 0.5) is 39.4 Å². The van der Waals surface area contributed by atoms with Crippen molar-refractivity contribution >= 4 is 29.1 Å². The van der Waals surface area contributed by atoms with Gasteiger partial charge in [-0.05, 0) is 35.9 Å². The van der Waals surface area contributed by atoms with Crippen molar-refractivity contribution in [1.82, 2.24) is 10.2 Å². The third kappa shape index (κ3) is 5.50. The number of hydrogen-bond donors (Lipinski definition) is 5. The number of carbonyl (C=O) groups excluding carboxylic acids is 1. The monoisotopic (exact) mass is 437 g/mol. The van der Waals surface area contributed by atoms with E-state index in [9.17, 15) is 27.2 Å². The molecule has 162 valence electrons. The van der Waals surface area contributed by atoms with E-state index in [4.69, 9.17) is 5.11 Å². The van der Waals surface area contributed by atoms with Crippen LogP contribution >= 0.6 is 0 Å². The highest BCUT2D eigenvalue weighted by molar-refractivity contribution is 6.00. The summed E-state index contributed by atoms with van der Waals surface area (Å²) in [6.45, 7) is 0.194. The van der Waals surface area contributed by atoms with Gasteiger partial charge in [-0.3, -0.25) is 5.10 Å². The van der Waals surface area contributed by atoms with Gasteiger partial charge in [0, 0.05) is 18.4 Å². The van der Waals surface area contributed by atoms with Crippen molar-refractivity contribution in [3.8, 4) is 0 Å². The fourth-order valence-electron chi connectivity index (χ4n) is 2.63. The van der Waals surface area contributed by atoms with Gasteiger partial charge in [0.25, 0.3) is 0 Å². The first kappa shape index (κ1) is 21.6. The molecule has 0 bridgehead atoms. The summed E-state index contributed by atoms with van der Waals surface area (Å²) in [5.74, 6) is -2.23. The predicted molar refractivity (Wildman–Crippen MR) is 103 cm³/mol. The van der Waals surface area contributed by atoms with Gasteiger partial charge < -0.3 is 21.1 Å². The van der Waals surface area contributed by atoms with Crippen LogP contribution in [0.2, 0.25) is 0 Å². The predicted octanol–water partition coefficient (Wildman–Crippen LogP) is 4.52. The van der Waals surface area contributed by atoms with Crippen LogP contribution in [0.1, 0.15) is 21.6 Å². The minimum Gasteiger partial charge on any atom is -0.476 e. The number of carboxylic acid groups (broad SMARTS) is 1. The molecule has 2 amide bonds. The number of aromatic nitrogens is 2. The number of alkyl halides is 3. The van der Waals surface area contributed by atoms with E-state index in [-0.39, 0.29) is 23.6 Å². The third-order valence-electron chi connectivity index (χ3n) is 4.05. The zero-order chi connectivity index (χ0) is 22.6. The first-order valence-corrected chi connectivity index (χ1v) is 8.68. The summed E-state index contributed by atoms with van der Waals surface area (Å²) in [7, 11) is 0. The van der Waals surface area contributed by atoms with Crippen molar-refractivity contribution in [2.24, 2.45) is 0 Å². The summed E-state index contributed by atoms with van der Waals surface area (Å²) < 4.78 is 52.1. The number of nitrogens with one attached hydrogen (secondary N) is 4. The average molecular weight is 437 g/mol. The number of benzene rings is 2. The fourth-order valence-corrected chi connectivity index (χ4v) is 2.63. The Labute approximate surface area is 172 Å². The second-order valence-corrected chi connectivity index (χ2v) is 6.28. The van der Waals surface area contributed by atoms with Crippen LogP contribution in [0.25, 0.3) is 0 Å². The number of rotatable bonds is 6. The number of aromatic carboxylic acids is 1. The largest absolute Gasteiger partial charge is 0.476 e. The Morgan fingerprint density at radius 2 is 1.84 bits per heavy atom. The van der Waals surface area contributed by atoms with E-state index >= 15 is 0 Å². The standard InChI is InChI=1S/C19H15F4N5O3/c20-13-5-4-11(19(21,22)23)7-14(13)27-18(31)26-12-3-1-2-10(6-12)8-24-15-9-25-28-16(15)17(29)30/h1-7,9,24H,8H2,(H,25,28)(H,29,30)(H2,26,27,31). The minimum atomic E-state index is -4.68. The molecule has 0 spiro atoms. The van der Waals surface area contributed by atoms with Gasteiger partial charge in [0.05, 0.1) is 16.9 Å². The number of nitrogens with zero attached hydrogens (tertiary/aromatic N) is 1. The van der Waals surface area contributed by atoms with Gasteiger partial charge in [0.2, 0.25) is 0 Å². The van der Waals surface area contributed by atoms with Crippen molar-refractivity contribution in [1.29, 1.82) is 0 Å². The number of amides is 2. The van der Waals surface area contributed by atoms with Gasteiger partial charge in [0.15, 0.2) is 5.69 Å². The van der Waals surface area contributed by atoms with E-state index in [1.54, 1.807) is 18.2 Å². The summed E-state index contributed by atoms with van der Waals surface area (Å²) in [4.78, 5) is 23.2. The second-order valence-electron chi connectivity index (χ2n) is 6.28. The molecule has 0 aliphatic rings. The Balaban J connectivity index is 1.65. The quantitative estimate of drug-likeness (QED) is 0.363. The van der Waals surface area contributed by atoms with Crippen LogP contribution in [0, 0.1) is 5.82 Å². The lowest BCUT2D eigenvalue weighted by molar-refractivity contribution is -0.137. The molecule has 2 aromatic carbocycles. The number of carbonyl (C=O) groups is 2. The molecule has 31 heavy (non-hydrogen) atoms. The maximum Gasteiger partial charge on any atom is 0.416 e. The molecule has 0 aliphatic carbocycles. The molecule has 0 aliphatic heterocycles. The summed E-state index contributed by atoms with van der Waals surface area (Å²) in [5.41, 5.74) is -0.695. The molecule has 8 nitrogen and oxygen atoms in total. The molecule has 0 radical (unpaired) electrons. The highest BCUT2D eigenvalue weighted by atomic mass is 19.4. The van der Waals surface area contributed by atoms with Crippen LogP contribution < -0.4 is 16.0 Å². The van der Waals surface area contributed by atoms with Crippen LogP contribution in [-0.2, 0) is 12.7 Å². The fraction of sp³-hybridized carbons (Fsp3) is 0.105. The number of aromatic amines is 1. The van der Waals surface area contributed by atoms with E-state index in [1.807, 2.05) is 5.32 Å². The zero-order valence-corrected chi connectivity index (χ0v) is 15.5. The van der Waals surface area contributed by atoms with E-state index in [0.29, 0.717) is 23.8 Å². The lowest BCUT2D eigenvalue weighted by Crippen LogP contribution is -2.20. The van der Waals surface area contributed by atoms with Gasteiger partial charge in [-0.1, -0.05) is 12.1 Å². The van der Waals surface area contributed by atoms with Gasteiger partial charge in [-0.25, -0.2) is 14.0 Å². The molecule has 0 unspecified atom stereocenters. The summed E-state index contributed by atoms with van der Waals surface area (Å²) in [5, 5.41) is 22.4. The maximum absolute atomic E-state index is 13.8. The number of urea groups is 1. The number of H-pyrrole nitrogens is 1. The summed E-state index contributed by atoms with van der Waals surface area (Å²) in [6.07, 6.45) is -3.31. The van der Waals surface area contributed by atoms with Gasteiger partial charge >= 0.3 is 18.2 Å². The molecule has 5 N–H and O–H groups in total. The molecule has 0 saturated carbocycles. The van der Waals surface area contributed by atoms with Crippen LogP contribution in [0.15, 0.2) is 48.7 Å². The van der Waals surface area contributed by atoms with Crippen molar-refractivity contribution in [2.45, 2.75) is 12.7 Å². The van der Waals surface area contributed by atoms with Crippen molar-refractivity contribution in [3.05, 3.63) is 71.3 Å². The van der Waals surface area contributed by atoms with E-state index in [2.05, 4.69) is 20.8 Å². The molecule has 0 fully saturated rings. The minimum absolute atomic E-state index is 0.184. The van der Waals surface area contributed by atoms with Crippen LogP contribution in [0.5, 0.6) is 0 Å². The molecule has 3 aromatic rings. The van der Waals surface area contributed by atoms with Crippen molar-refractivity contribution in [2.75, 3.05) is 16.0 Å². The van der Waals surface area contributed by atoms with Gasteiger partial charge in [0.1, 0.15) is 5.82 Å². The Kier molecular flexibility index (Phi) is 6.09. The highest BCUT2D eigenvalue weighted by Crippen LogP contribution is 2.31. The molecule has 0 saturated heterocycles. The van der Waals surface area contributed by atoms with Gasteiger partial charge in [-0.15, -0.1) is 0 Å². The van der Waals surface area contributed by atoms with E-state index < -0.39 is 35.2 Å². The van der Waals surface area contributed by atoms with Crippen molar-refractivity contribution in [3.63, 3.8) is 0 Å². The first-order valence-electron chi connectivity index (χ1n) is 8.68. The SMILES string of the molecule is O=C(Nc1cccc(CNc2c[nH]nc2C(=O)O)c1)Nc1cc(C(F)(F)F)ccc1F. The Morgan fingerprint density at radius 3 is 2.55 bits per heavy atom. The molecule has 0 atom stereocenters. The molecule has 1 aromatic heterocycles. The van der Waals surface area contributed by atoms with E-state index in [1.165, 1.54) is 12.3 Å². The summed E-state index contributed by atoms with van der Waals surface area (Å²) in [6, 6.07) is 7.12. The van der Waals surface area contributed by atoms with Crippen LogP contribution in [0.3, 0.4) is 0 Å². The Hall–Kier alpha value is -4.09. The smallest absolute Gasteiger partial charge is 0.416 e.